The highest BCUT2D eigenvalue weighted by Crippen LogP contribution is 2.64. The summed E-state index contributed by atoms with van der Waals surface area (Å²) in [5, 5.41) is 5.18. The molecule has 9 aromatic carbocycles. The van der Waals surface area contributed by atoms with Crippen molar-refractivity contribution in [2.75, 3.05) is 4.90 Å². The van der Waals surface area contributed by atoms with Gasteiger partial charge in [-0.15, -0.1) is 11.3 Å². The second kappa shape index (κ2) is 12.1. The van der Waals surface area contributed by atoms with Crippen LogP contribution in [0.4, 0.5) is 17.1 Å². The van der Waals surface area contributed by atoms with E-state index in [1.165, 1.54) is 108 Å². The van der Waals surface area contributed by atoms with Crippen molar-refractivity contribution in [1.29, 1.82) is 0 Å². The van der Waals surface area contributed by atoms with E-state index >= 15 is 0 Å². The van der Waals surface area contributed by atoms with Gasteiger partial charge in [0.15, 0.2) is 0 Å². The molecule has 0 amide bonds. The number of benzene rings is 9. The fourth-order valence-electron chi connectivity index (χ4n) is 11.0. The predicted molar refractivity (Wildman–Crippen MR) is 251 cm³/mol. The molecule has 59 heavy (non-hydrogen) atoms. The second-order valence-electron chi connectivity index (χ2n) is 16.8. The zero-order valence-electron chi connectivity index (χ0n) is 32.7. The van der Waals surface area contributed by atoms with Crippen LogP contribution in [0.5, 0.6) is 0 Å². The van der Waals surface area contributed by atoms with Gasteiger partial charge in [0.25, 0.3) is 0 Å². The quantitative estimate of drug-likeness (QED) is 0.175. The van der Waals surface area contributed by atoms with Gasteiger partial charge in [0.1, 0.15) is 0 Å². The maximum Gasteiger partial charge on any atom is 0.0736 e. The minimum Gasteiger partial charge on any atom is -0.309 e. The van der Waals surface area contributed by atoms with E-state index < -0.39 is 5.41 Å². The molecule has 10 aromatic rings. The van der Waals surface area contributed by atoms with Gasteiger partial charge in [0.05, 0.1) is 15.8 Å². The number of fused-ring (bicyclic) bond motifs is 17. The maximum absolute atomic E-state index is 2.56. The molecule has 0 atom stereocenters. The molecule has 2 heterocycles. The Morgan fingerprint density at radius 3 is 1.83 bits per heavy atom. The van der Waals surface area contributed by atoms with Crippen molar-refractivity contribution >= 4 is 71.1 Å². The summed E-state index contributed by atoms with van der Waals surface area (Å²) in [6, 6.07) is 71.2. The minimum absolute atomic E-state index is 0.130. The number of hydrogen-bond acceptors (Lipinski definition) is 3. The molecule has 1 spiro atoms. The lowest BCUT2D eigenvalue weighted by molar-refractivity contribution is 0.660. The van der Waals surface area contributed by atoms with E-state index in [4.69, 9.17) is 0 Å². The highest BCUT2D eigenvalue weighted by atomic mass is 32.2. The Morgan fingerprint density at radius 2 is 1.03 bits per heavy atom. The average Bonchev–Trinajstić information content (AvgIpc) is 3.88. The summed E-state index contributed by atoms with van der Waals surface area (Å²) in [7, 11) is 0. The first-order valence-electron chi connectivity index (χ1n) is 20.5. The van der Waals surface area contributed by atoms with Crippen molar-refractivity contribution in [3.8, 4) is 22.3 Å². The van der Waals surface area contributed by atoms with Crippen LogP contribution in [0.3, 0.4) is 0 Å². The van der Waals surface area contributed by atoms with Crippen LogP contribution in [0.1, 0.15) is 47.2 Å². The lowest BCUT2D eigenvalue weighted by Gasteiger charge is -2.40. The summed E-state index contributed by atoms with van der Waals surface area (Å²) < 4.78 is 2.61. The molecule has 0 fully saturated rings. The minimum atomic E-state index is -0.500. The first-order valence-corrected chi connectivity index (χ1v) is 22.1. The smallest absolute Gasteiger partial charge is 0.0736 e. The third-order valence-corrected chi connectivity index (χ3v) is 15.9. The number of anilines is 3. The average molecular weight is 788 g/mol. The van der Waals surface area contributed by atoms with E-state index in [-0.39, 0.29) is 5.41 Å². The highest BCUT2D eigenvalue weighted by Gasteiger charge is 2.51. The largest absolute Gasteiger partial charge is 0.309 e. The second-order valence-corrected chi connectivity index (χ2v) is 18.9. The van der Waals surface area contributed by atoms with Crippen molar-refractivity contribution in [3.63, 3.8) is 0 Å². The van der Waals surface area contributed by atoms with Crippen LogP contribution in [-0.4, -0.2) is 0 Å². The molecule has 0 saturated carbocycles. The number of nitrogens with zero attached hydrogens (tertiary/aromatic N) is 1. The van der Waals surface area contributed by atoms with Gasteiger partial charge in [-0.25, -0.2) is 0 Å². The molecule has 278 valence electrons. The predicted octanol–water partition coefficient (Wildman–Crippen LogP) is 15.8. The zero-order valence-corrected chi connectivity index (χ0v) is 34.3. The molecule has 2 aliphatic carbocycles. The van der Waals surface area contributed by atoms with Crippen LogP contribution in [0.15, 0.2) is 198 Å². The summed E-state index contributed by atoms with van der Waals surface area (Å²) in [5.41, 5.74) is 16.4. The third kappa shape index (κ3) is 4.42. The van der Waals surface area contributed by atoms with Gasteiger partial charge in [-0.1, -0.05) is 165 Å². The fraction of sp³-hybridized carbons (Fsp3) is 0.0714. The molecule has 3 aliphatic rings. The van der Waals surface area contributed by atoms with Gasteiger partial charge in [-0.05, 0) is 115 Å². The normalized spacial score (nSPS) is 14.8. The van der Waals surface area contributed by atoms with Crippen molar-refractivity contribution in [3.05, 3.63) is 221 Å². The Labute approximate surface area is 352 Å². The summed E-state index contributed by atoms with van der Waals surface area (Å²) in [4.78, 5) is 5.19. The van der Waals surface area contributed by atoms with Crippen LogP contribution in [0.25, 0.3) is 53.2 Å². The van der Waals surface area contributed by atoms with Gasteiger partial charge in [-0.3, -0.25) is 0 Å². The van der Waals surface area contributed by atoms with Gasteiger partial charge in [0.2, 0.25) is 0 Å². The SMILES string of the molecule is CC1(C)c2ccccc2-c2ccc(N(c3ccc4c(c3)C3(c5ccccc5Sc5ccccc53)c3ccc5ccccc5c3-4)c3cccc4c3sc3ccccc34)cc21. The molecule has 1 aliphatic heterocycles. The van der Waals surface area contributed by atoms with Gasteiger partial charge < -0.3 is 4.90 Å². The first kappa shape index (κ1) is 33.6. The van der Waals surface area contributed by atoms with E-state index in [0.29, 0.717) is 0 Å². The standard InChI is InChI=1S/C56H37NS2/c1-55(2)43-19-7-5-16-38(43)39-29-27-35(32-47(39)55)57(49-22-13-18-41-40-17-6-10-23-50(40)59-54(41)49)36-28-30-42-48(33-36)56(46-31-26-34-14-3-4-15-37(34)53(42)46)44-20-8-11-24-51(44)58-52-25-12-9-21-45(52)56/h3-33H,1-2H3. The van der Waals surface area contributed by atoms with Crippen LogP contribution in [0.2, 0.25) is 0 Å². The van der Waals surface area contributed by atoms with E-state index in [1.807, 2.05) is 23.1 Å². The van der Waals surface area contributed by atoms with Crippen molar-refractivity contribution < 1.29 is 0 Å². The summed E-state index contributed by atoms with van der Waals surface area (Å²) in [6.45, 7) is 4.77. The molecule has 13 rings (SSSR count). The van der Waals surface area contributed by atoms with Crippen LogP contribution in [-0.2, 0) is 10.8 Å². The number of thiophene rings is 1. The summed E-state index contributed by atoms with van der Waals surface area (Å²) >= 11 is 3.80. The zero-order chi connectivity index (χ0) is 39.0. The van der Waals surface area contributed by atoms with E-state index in [9.17, 15) is 0 Å². The molecular formula is C56H37NS2. The molecule has 0 unspecified atom stereocenters. The van der Waals surface area contributed by atoms with E-state index in [1.54, 1.807) is 0 Å². The van der Waals surface area contributed by atoms with Gasteiger partial charge in [0, 0.05) is 42.1 Å². The maximum atomic E-state index is 2.56. The summed E-state index contributed by atoms with van der Waals surface area (Å²) in [6.07, 6.45) is 0. The van der Waals surface area contributed by atoms with Crippen LogP contribution < -0.4 is 4.90 Å². The molecule has 1 aromatic heterocycles. The molecule has 3 heteroatoms. The number of hydrogen-bond donors (Lipinski definition) is 0. The van der Waals surface area contributed by atoms with Crippen molar-refractivity contribution in [2.24, 2.45) is 0 Å². The highest BCUT2D eigenvalue weighted by molar-refractivity contribution is 7.99. The van der Waals surface area contributed by atoms with Crippen LogP contribution >= 0.6 is 23.1 Å². The van der Waals surface area contributed by atoms with E-state index in [2.05, 4.69) is 207 Å². The Bertz CT molecular complexity index is 3380. The molecule has 1 nitrogen and oxygen atoms in total. The Hall–Kier alpha value is -6.39. The number of rotatable bonds is 3. The Balaban J connectivity index is 1.13. The molecule has 0 radical (unpaired) electrons. The Kier molecular flexibility index (Phi) is 6.87. The third-order valence-electron chi connectivity index (χ3n) is 13.5. The molecule has 0 N–H and O–H groups in total. The molecular weight excluding hydrogens is 751 g/mol. The lowest BCUT2D eigenvalue weighted by Crippen LogP contribution is -2.32. The van der Waals surface area contributed by atoms with Crippen molar-refractivity contribution in [1.82, 2.24) is 0 Å². The van der Waals surface area contributed by atoms with Gasteiger partial charge >= 0.3 is 0 Å². The Morgan fingerprint density at radius 1 is 0.424 bits per heavy atom. The fourth-order valence-corrected chi connectivity index (χ4v) is 13.4. The van der Waals surface area contributed by atoms with Crippen LogP contribution in [0, 0.1) is 0 Å². The summed E-state index contributed by atoms with van der Waals surface area (Å²) in [5.74, 6) is 0. The first-order chi connectivity index (χ1) is 29.0. The van der Waals surface area contributed by atoms with E-state index in [0.717, 1.165) is 5.69 Å². The lowest BCUT2D eigenvalue weighted by atomic mass is 9.67. The van der Waals surface area contributed by atoms with Gasteiger partial charge in [-0.2, -0.15) is 0 Å². The molecule has 0 saturated heterocycles. The monoisotopic (exact) mass is 787 g/mol. The topological polar surface area (TPSA) is 3.24 Å². The van der Waals surface area contributed by atoms with Crippen molar-refractivity contribution in [2.45, 2.75) is 34.5 Å². The molecule has 0 bridgehead atoms.